The summed E-state index contributed by atoms with van der Waals surface area (Å²) in [4.78, 5) is 10.7. The molecule has 96 valence electrons. The molecular weight excluding hydrogens is 228 g/mol. The van der Waals surface area contributed by atoms with Crippen LogP contribution in [0.4, 0.5) is 5.82 Å². The van der Waals surface area contributed by atoms with Gasteiger partial charge in [0.1, 0.15) is 12.1 Å². The Kier molecular flexibility index (Phi) is 2.66. The van der Waals surface area contributed by atoms with Gasteiger partial charge < -0.3 is 10.6 Å². The Balaban J connectivity index is 1.86. The smallest absolute Gasteiger partial charge is 0.254 e. The van der Waals surface area contributed by atoms with Crippen LogP contribution in [0, 0.1) is 12.8 Å². The van der Waals surface area contributed by atoms with Crippen LogP contribution in [0.25, 0.3) is 5.78 Å². The minimum absolute atomic E-state index is 0.397. The minimum Gasteiger partial charge on any atom is -0.359 e. The van der Waals surface area contributed by atoms with Crippen molar-refractivity contribution in [3.8, 4) is 0 Å². The molecule has 2 heterocycles. The van der Waals surface area contributed by atoms with Gasteiger partial charge in [-0.15, -0.1) is 0 Å². The maximum absolute atomic E-state index is 5.83. The highest BCUT2D eigenvalue weighted by molar-refractivity contribution is 5.46. The third-order valence-corrected chi connectivity index (χ3v) is 3.56. The largest absolute Gasteiger partial charge is 0.359 e. The second-order valence-corrected chi connectivity index (χ2v) is 5.21. The molecule has 2 aromatic rings. The van der Waals surface area contributed by atoms with Crippen LogP contribution in [-0.4, -0.2) is 39.2 Å². The van der Waals surface area contributed by atoms with E-state index < -0.39 is 0 Å². The van der Waals surface area contributed by atoms with Gasteiger partial charge in [-0.25, -0.2) is 4.98 Å². The number of anilines is 1. The molecule has 0 spiro atoms. The van der Waals surface area contributed by atoms with Gasteiger partial charge in [0.25, 0.3) is 5.78 Å². The van der Waals surface area contributed by atoms with Gasteiger partial charge in [-0.05, 0) is 25.7 Å². The van der Waals surface area contributed by atoms with Crippen LogP contribution in [-0.2, 0) is 0 Å². The van der Waals surface area contributed by atoms with Crippen LogP contribution in [0.3, 0.4) is 0 Å². The lowest BCUT2D eigenvalue weighted by molar-refractivity contribution is 0.270. The standard InChI is InChI=1S/C12H18N6/c1-8-3-11(18-12(16-8)14-7-15-18)17(2)6-9-4-10(13)5-9/h3,7,9-10H,4-6,13H2,1-2H3. The lowest BCUT2D eigenvalue weighted by Crippen LogP contribution is -2.42. The molecule has 0 aromatic carbocycles. The first-order valence-electron chi connectivity index (χ1n) is 6.27. The number of hydrogen-bond acceptors (Lipinski definition) is 5. The van der Waals surface area contributed by atoms with Crippen LogP contribution in [0.2, 0.25) is 0 Å². The van der Waals surface area contributed by atoms with E-state index in [-0.39, 0.29) is 0 Å². The van der Waals surface area contributed by atoms with Crippen molar-refractivity contribution in [2.45, 2.75) is 25.8 Å². The molecular formula is C12H18N6. The van der Waals surface area contributed by atoms with Crippen molar-refractivity contribution >= 4 is 11.6 Å². The van der Waals surface area contributed by atoms with Crippen LogP contribution >= 0.6 is 0 Å². The lowest BCUT2D eigenvalue weighted by atomic mass is 9.80. The summed E-state index contributed by atoms with van der Waals surface area (Å²) in [5.41, 5.74) is 6.79. The number of rotatable bonds is 3. The normalized spacial score (nSPS) is 23.1. The van der Waals surface area contributed by atoms with Gasteiger partial charge in [0.05, 0.1) is 0 Å². The SMILES string of the molecule is Cc1cc(N(C)CC2CC(N)C2)n2ncnc2n1. The summed E-state index contributed by atoms with van der Waals surface area (Å²) in [5.74, 6) is 2.38. The molecule has 1 saturated carbocycles. The van der Waals surface area contributed by atoms with E-state index in [2.05, 4.69) is 27.0 Å². The van der Waals surface area contributed by atoms with E-state index in [1.165, 1.54) is 0 Å². The summed E-state index contributed by atoms with van der Waals surface area (Å²) in [5, 5.41) is 4.22. The number of aromatic nitrogens is 4. The number of hydrogen-bond donors (Lipinski definition) is 1. The van der Waals surface area contributed by atoms with Gasteiger partial charge in [0.2, 0.25) is 0 Å². The van der Waals surface area contributed by atoms with Gasteiger partial charge in [0.15, 0.2) is 0 Å². The third kappa shape index (κ3) is 1.92. The average molecular weight is 246 g/mol. The van der Waals surface area contributed by atoms with E-state index in [9.17, 15) is 0 Å². The molecule has 1 aliphatic carbocycles. The first-order chi connectivity index (χ1) is 8.63. The van der Waals surface area contributed by atoms with Crippen LogP contribution in [0.5, 0.6) is 0 Å². The Morgan fingerprint density at radius 3 is 3.00 bits per heavy atom. The monoisotopic (exact) mass is 246 g/mol. The molecule has 2 N–H and O–H groups in total. The molecule has 0 saturated heterocycles. The summed E-state index contributed by atoms with van der Waals surface area (Å²) in [7, 11) is 2.08. The number of nitrogens with zero attached hydrogens (tertiary/aromatic N) is 5. The maximum Gasteiger partial charge on any atom is 0.254 e. The quantitative estimate of drug-likeness (QED) is 0.859. The summed E-state index contributed by atoms with van der Waals surface area (Å²) in [6.45, 7) is 2.98. The molecule has 1 aliphatic rings. The Bertz CT molecular complexity index is 557. The molecule has 0 bridgehead atoms. The predicted molar refractivity (Wildman–Crippen MR) is 69.5 cm³/mol. The van der Waals surface area contributed by atoms with Crippen molar-refractivity contribution in [1.29, 1.82) is 0 Å². The second-order valence-electron chi connectivity index (χ2n) is 5.21. The summed E-state index contributed by atoms with van der Waals surface area (Å²) < 4.78 is 1.78. The van der Waals surface area contributed by atoms with E-state index in [0.29, 0.717) is 17.7 Å². The van der Waals surface area contributed by atoms with E-state index in [4.69, 9.17) is 5.73 Å². The highest BCUT2D eigenvalue weighted by atomic mass is 15.4. The molecule has 1 fully saturated rings. The zero-order valence-electron chi connectivity index (χ0n) is 10.7. The van der Waals surface area contributed by atoms with Crippen molar-refractivity contribution in [2.24, 2.45) is 11.7 Å². The van der Waals surface area contributed by atoms with Crippen molar-refractivity contribution in [3.05, 3.63) is 18.1 Å². The molecule has 0 radical (unpaired) electrons. The van der Waals surface area contributed by atoms with Crippen LogP contribution < -0.4 is 10.6 Å². The minimum atomic E-state index is 0.397. The summed E-state index contributed by atoms with van der Waals surface area (Å²) >= 11 is 0. The molecule has 6 nitrogen and oxygen atoms in total. The van der Waals surface area contributed by atoms with Gasteiger partial charge in [0, 0.05) is 31.4 Å². The Morgan fingerprint density at radius 1 is 1.50 bits per heavy atom. The van der Waals surface area contributed by atoms with E-state index in [1.807, 2.05) is 13.0 Å². The summed E-state index contributed by atoms with van der Waals surface area (Å²) in [6.07, 6.45) is 3.78. The Morgan fingerprint density at radius 2 is 2.28 bits per heavy atom. The number of fused-ring (bicyclic) bond motifs is 1. The Hall–Kier alpha value is -1.69. The van der Waals surface area contributed by atoms with E-state index >= 15 is 0 Å². The molecule has 0 aliphatic heterocycles. The van der Waals surface area contributed by atoms with Crippen LogP contribution in [0.15, 0.2) is 12.4 Å². The van der Waals surface area contributed by atoms with E-state index in [0.717, 1.165) is 30.9 Å². The van der Waals surface area contributed by atoms with Crippen molar-refractivity contribution in [3.63, 3.8) is 0 Å². The summed E-state index contributed by atoms with van der Waals surface area (Å²) in [6, 6.07) is 2.44. The molecule has 18 heavy (non-hydrogen) atoms. The molecule has 0 atom stereocenters. The zero-order chi connectivity index (χ0) is 12.7. The molecule has 6 heteroatoms. The molecule has 0 unspecified atom stereocenters. The van der Waals surface area contributed by atoms with Gasteiger partial charge in [-0.1, -0.05) is 0 Å². The third-order valence-electron chi connectivity index (χ3n) is 3.56. The fourth-order valence-electron chi connectivity index (χ4n) is 2.60. The highest BCUT2D eigenvalue weighted by Gasteiger charge is 2.27. The van der Waals surface area contributed by atoms with Crippen molar-refractivity contribution in [1.82, 2.24) is 19.6 Å². The molecule has 2 aromatic heterocycles. The number of nitrogens with two attached hydrogens (primary N) is 1. The van der Waals surface area contributed by atoms with Gasteiger partial charge in [-0.3, -0.25) is 0 Å². The highest BCUT2D eigenvalue weighted by Crippen LogP contribution is 2.27. The fourth-order valence-corrected chi connectivity index (χ4v) is 2.60. The van der Waals surface area contributed by atoms with E-state index in [1.54, 1.807) is 10.8 Å². The molecule has 0 amide bonds. The van der Waals surface area contributed by atoms with Crippen LogP contribution in [0.1, 0.15) is 18.5 Å². The average Bonchev–Trinajstić information content (AvgIpc) is 2.73. The lowest BCUT2D eigenvalue weighted by Gasteiger charge is -2.35. The van der Waals surface area contributed by atoms with Crippen molar-refractivity contribution in [2.75, 3.05) is 18.5 Å². The van der Waals surface area contributed by atoms with Gasteiger partial charge in [-0.2, -0.15) is 14.6 Å². The maximum atomic E-state index is 5.83. The topological polar surface area (TPSA) is 72.3 Å². The fraction of sp³-hybridized carbons (Fsp3) is 0.583. The van der Waals surface area contributed by atoms with Crippen molar-refractivity contribution < 1.29 is 0 Å². The first kappa shape index (κ1) is 11.4. The second kappa shape index (κ2) is 4.20. The zero-order valence-corrected chi connectivity index (χ0v) is 10.7. The molecule has 3 rings (SSSR count). The predicted octanol–water partition coefficient (Wildman–Crippen LogP) is 0.606. The Labute approximate surface area is 106 Å². The number of aryl methyl sites for hydroxylation is 1. The van der Waals surface area contributed by atoms with Gasteiger partial charge >= 0.3 is 0 Å². The first-order valence-corrected chi connectivity index (χ1v) is 6.27.